The minimum absolute atomic E-state index is 0.611. The highest BCUT2D eigenvalue weighted by Crippen LogP contribution is 2.23. The van der Waals surface area contributed by atoms with Crippen molar-refractivity contribution in [2.45, 2.75) is 27.2 Å². The molecule has 0 atom stereocenters. The SMILES string of the molecule is CCCNc1cc(C)nc(Nc2ccc(C)c(Br)c2)n1. The maximum Gasteiger partial charge on any atom is 0.229 e. The van der Waals surface area contributed by atoms with Crippen LogP contribution in [0, 0.1) is 13.8 Å². The third-order valence-electron chi connectivity index (χ3n) is 2.84. The zero-order chi connectivity index (χ0) is 14.5. The Morgan fingerprint density at radius 1 is 1.15 bits per heavy atom. The molecule has 0 radical (unpaired) electrons. The van der Waals surface area contributed by atoms with Gasteiger partial charge < -0.3 is 10.6 Å². The van der Waals surface area contributed by atoms with E-state index >= 15 is 0 Å². The zero-order valence-electron chi connectivity index (χ0n) is 12.0. The van der Waals surface area contributed by atoms with Crippen molar-refractivity contribution in [1.82, 2.24) is 9.97 Å². The number of nitrogens with one attached hydrogen (secondary N) is 2. The monoisotopic (exact) mass is 334 g/mol. The Balaban J connectivity index is 2.19. The molecule has 2 N–H and O–H groups in total. The Labute approximate surface area is 128 Å². The van der Waals surface area contributed by atoms with E-state index in [1.807, 2.05) is 25.1 Å². The molecule has 0 aliphatic heterocycles. The van der Waals surface area contributed by atoms with Crippen molar-refractivity contribution in [2.24, 2.45) is 0 Å². The van der Waals surface area contributed by atoms with Gasteiger partial charge in [-0.3, -0.25) is 0 Å². The quantitative estimate of drug-likeness (QED) is 0.849. The second kappa shape index (κ2) is 6.70. The number of aryl methyl sites for hydroxylation is 2. The van der Waals surface area contributed by atoms with Crippen molar-refractivity contribution in [3.63, 3.8) is 0 Å². The molecule has 4 nitrogen and oxygen atoms in total. The lowest BCUT2D eigenvalue weighted by Crippen LogP contribution is -2.06. The smallest absolute Gasteiger partial charge is 0.229 e. The van der Waals surface area contributed by atoms with Gasteiger partial charge in [-0.2, -0.15) is 4.98 Å². The highest BCUT2D eigenvalue weighted by Gasteiger charge is 2.04. The average Bonchev–Trinajstić information content (AvgIpc) is 2.40. The molecule has 0 saturated heterocycles. The maximum atomic E-state index is 4.47. The van der Waals surface area contributed by atoms with E-state index in [0.717, 1.165) is 34.6 Å². The van der Waals surface area contributed by atoms with E-state index in [9.17, 15) is 0 Å². The van der Waals surface area contributed by atoms with Crippen molar-refractivity contribution in [2.75, 3.05) is 17.2 Å². The zero-order valence-corrected chi connectivity index (χ0v) is 13.6. The molecule has 0 spiro atoms. The van der Waals surface area contributed by atoms with Crippen LogP contribution in [0.4, 0.5) is 17.5 Å². The minimum Gasteiger partial charge on any atom is -0.370 e. The van der Waals surface area contributed by atoms with Crippen molar-refractivity contribution in [1.29, 1.82) is 0 Å². The Morgan fingerprint density at radius 2 is 1.95 bits per heavy atom. The molecule has 2 aromatic rings. The summed E-state index contributed by atoms with van der Waals surface area (Å²) in [7, 11) is 0. The molecule has 0 bridgehead atoms. The second-order valence-corrected chi connectivity index (χ2v) is 5.59. The van der Waals surface area contributed by atoms with Crippen LogP contribution < -0.4 is 10.6 Å². The number of rotatable bonds is 5. The Kier molecular flexibility index (Phi) is 4.95. The van der Waals surface area contributed by atoms with Crippen molar-refractivity contribution in [3.8, 4) is 0 Å². The fraction of sp³-hybridized carbons (Fsp3) is 0.333. The van der Waals surface area contributed by atoms with Crippen LogP contribution in [0.5, 0.6) is 0 Å². The molecule has 20 heavy (non-hydrogen) atoms. The lowest BCUT2D eigenvalue weighted by molar-refractivity contribution is 0.962. The molecule has 5 heteroatoms. The van der Waals surface area contributed by atoms with E-state index in [2.05, 4.69) is 56.4 Å². The van der Waals surface area contributed by atoms with Crippen molar-refractivity contribution < 1.29 is 0 Å². The van der Waals surface area contributed by atoms with Crippen LogP contribution >= 0.6 is 15.9 Å². The summed E-state index contributed by atoms with van der Waals surface area (Å²) in [5.41, 5.74) is 3.10. The number of aromatic nitrogens is 2. The van der Waals surface area contributed by atoms with E-state index in [0.29, 0.717) is 5.95 Å². The molecule has 106 valence electrons. The lowest BCUT2D eigenvalue weighted by atomic mass is 10.2. The van der Waals surface area contributed by atoms with E-state index < -0.39 is 0 Å². The van der Waals surface area contributed by atoms with E-state index in [-0.39, 0.29) is 0 Å². The predicted octanol–water partition coefficient (Wildman–Crippen LogP) is 4.42. The third-order valence-corrected chi connectivity index (χ3v) is 3.69. The Bertz CT molecular complexity index is 598. The fourth-order valence-electron chi connectivity index (χ4n) is 1.77. The van der Waals surface area contributed by atoms with Gasteiger partial charge in [0.2, 0.25) is 5.95 Å². The van der Waals surface area contributed by atoms with Crippen LogP contribution in [0.25, 0.3) is 0 Å². The number of hydrogen-bond donors (Lipinski definition) is 2. The molecule has 1 heterocycles. The summed E-state index contributed by atoms with van der Waals surface area (Å²) < 4.78 is 1.07. The highest BCUT2D eigenvalue weighted by atomic mass is 79.9. The first-order valence-corrected chi connectivity index (χ1v) is 7.50. The van der Waals surface area contributed by atoms with Crippen LogP contribution in [0.2, 0.25) is 0 Å². The topological polar surface area (TPSA) is 49.8 Å². The number of hydrogen-bond acceptors (Lipinski definition) is 4. The van der Waals surface area contributed by atoms with Gasteiger partial charge in [-0.25, -0.2) is 4.98 Å². The maximum absolute atomic E-state index is 4.47. The summed E-state index contributed by atoms with van der Waals surface area (Å²) in [5, 5.41) is 6.52. The summed E-state index contributed by atoms with van der Waals surface area (Å²) in [6, 6.07) is 8.05. The standard InChI is InChI=1S/C15H19BrN4/c1-4-7-17-14-8-11(3)18-15(20-14)19-12-6-5-10(2)13(16)9-12/h5-6,8-9H,4,7H2,1-3H3,(H2,17,18,19,20). The van der Waals surface area contributed by atoms with Gasteiger partial charge >= 0.3 is 0 Å². The van der Waals surface area contributed by atoms with Crippen LogP contribution in [-0.4, -0.2) is 16.5 Å². The first-order valence-electron chi connectivity index (χ1n) is 6.71. The van der Waals surface area contributed by atoms with Gasteiger partial charge in [-0.15, -0.1) is 0 Å². The molecular formula is C15H19BrN4. The number of anilines is 3. The van der Waals surface area contributed by atoms with E-state index in [4.69, 9.17) is 0 Å². The first-order chi connectivity index (χ1) is 9.58. The summed E-state index contributed by atoms with van der Waals surface area (Å²) in [6.07, 6.45) is 1.07. The third kappa shape index (κ3) is 3.93. The summed E-state index contributed by atoms with van der Waals surface area (Å²) in [4.78, 5) is 8.88. The summed E-state index contributed by atoms with van der Waals surface area (Å²) in [6.45, 7) is 7.06. The average molecular weight is 335 g/mol. The highest BCUT2D eigenvalue weighted by molar-refractivity contribution is 9.10. The molecule has 0 fully saturated rings. The summed E-state index contributed by atoms with van der Waals surface area (Å²) >= 11 is 3.53. The van der Waals surface area contributed by atoms with Crippen LogP contribution in [-0.2, 0) is 0 Å². The van der Waals surface area contributed by atoms with Gasteiger partial charge in [-0.1, -0.05) is 28.9 Å². The molecule has 0 saturated carbocycles. The van der Waals surface area contributed by atoms with Gasteiger partial charge in [0.15, 0.2) is 0 Å². The molecular weight excluding hydrogens is 316 g/mol. The van der Waals surface area contributed by atoms with Crippen LogP contribution in [0.3, 0.4) is 0 Å². The van der Waals surface area contributed by atoms with Gasteiger partial charge in [0.1, 0.15) is 5.82 Å². The van der Waals surface area contributed by atoms with Crippen molar-refractivity contribution in [3.05, 3.63) is 40.0 Å². The molecule has 1 aromatic carbocycles. The Hall–Kier alpha value is -1.62. The van der Waals surface area contributed by atoms with Crippen LogP contribution in [0.15, 0.2) is 28.7 Å². The van der Waals surface area contributed by atoms with E-state index in [1.54, 1.807) is 0 Å². The number of benzene rings is 1. The minimum atomic E-state index is 0.611. The fourth-order valence-corrected chi connectivity index (χ4v) is 2.15. The second-order valence-electron chi connectivity index (χ2n) is 4.73. The van der Waals surface area contributed by atoms with Gasteiger partial charge in [-0.05, 0) is 38.0 Å². The van der Waals surface area contributed by atoms with Gasteiger partial charge in [0, 0.05) is 28.5 Å². The largest absolute Gasteiger partial charge is 0.370 e. The van der Waals surface area contributed by atoms with Crippen molar-refractivity contribution >= 4 is 33.4 Å². The first kappa shape index (κ1) is 14.8. The number of nitrogens with zero attached hydrogens (tertiary/aromatic N) is 2. The summed E-state index contributed by atoms with van der Waals surface area (Å²) in [5.74, 6) is 1.47. The van der Waals surface area contributed by atoms with Gasteiger partial charge in [0.25, 0.3) is 0 Å². The normalized spacial score (nSPS) is 10.4. The number of halogens is 1. The van der Waals surface area contributed by atoms with E-state index in [1.165, 1.54) is 5.56 Å². The predicted molar refractivity (Wildman–Crippen MR) is 87.7 cm³/mol. The molecule has 0 unspecified atom stereocenters. The molecule has 0 amide bonds. The molecule has 0 aliphatic rings. The van der Waals surface area contributed by atoms with Gasteiger partial charge in [0.05, 0.1) is 0 Å². The molecule has 2 rings (SSSR count). The molecule has 0 aliphatic carbocycles. The van der Waals surface area contributed by atoms with Crippen LogP contribution in [0.1, 0.15) is 24.6 Å². The Morgan fingerprint density at radius 3 is 2.65 bits per heavy atom. The lowest BCUT2D eigenvalue weighted by Gasteiger charge is -2.10. The molecule has 1 aromatic heterocycles.